The third-order valence-corrected chi connectivity index (χ3v) is 5.50. The van der Waals surface area contributed by atoms with Crippen LogP contribution in [0.15, 0.2) is 12.2 Å². The van der Waals surface area contributed by atoms with E-state index in [0.717, 1.165) is 24.0 Å². The Bertz CT molecular complexity index is 896. The van der Waals surface area contributed by atoms with E-state index in [9.17, 15) is 38.4 Å². The summed E-state index contributed by atoms with van der Waals surface area (Å²) < 4.78 is 18.4. The maximum absolute atomic E-state index is 12.2. The van der Waals surface area contributed by atoms with Crippen LogP contribution in [-0.2, 0) is 57.3 Å². The summed E-state index contributed by atoms with van der Waals surface area (Å²) in [6.07, 6.45) is 2.89. The molecule has 2 saturated heterocycles. The molecule has 2 aliphatic rings. The average Bonchev–Trinajstić information content (AvgIpc) is 3.57. The van der Waals surface area contributed by atoms with Crippen molar-refractivity contribution in [3.63, 3.8) is 0 Å². The van der Waals surface area contributed by atoms with E-state index in [-0.39, 0.29) is 13.1 Å². The van der Waals surface area contributed by atoms with Gasteiger partial charge in [0.05, 0.1) is 14.2 Å². The van der Waals surface area contributed by atoms with Crippen LogP contribution < -0.4 is 0 Å². The second kappa shape index (κ2) is 13.1. The van der Waals surface area contributed by atoms with E-state index in [2.05, 4.69) is 18.9 Å². The molecule has 0 N–H and O–H groups in total. The number of methoxy groups -OCH3 is 2. The first kappa shape index (κ1) is 28.1. The zero-order chi connectivity index (χ0) is 26.8. The SMILES string of the molecule is COC(=O)[C@@H]1CCCN1C(=O)C(=O)COC(=O)/C=C/C(=O)OCC(=O)C(=O)N1CCC[C@H]1C(=O)OC. The van der Waals surface area contributed by atoms with Crippen LogP contribution >= 0.6 is 0 Å². The van der Waals surface area contributed by atoms with Gasteiger partial charge in [0, 0.05) is 25.2 Å². The lowest BCUT2D eigenvalue weighted by molar-refractivity contribution is -0.156. The zero-order valence-corrected chi connectivity index (χ0v) is 19.8. The van der Waals surface area contributed by atoms with Crippen molar-refractivity contribution in [2.75, 3.05) is 40.5 Å². The summed E-state index contributed by atoms with van der Waals surface area (Å²) in [5.41, 5.74) is 0. The Morgan fingerprint density at radius 1 is 0.667 bits per heavy atom. The molecule has 2 amide bonds. The minimum absolute atomic E-state index is 0.173. The van der Waals surface area contributed by atoms with Crippen molar-refractivity contribution in [3.05, 3.63) is 12.2 Å². The number of ketones is 2. The first-order valence-corrected chi connectivity index (χ1v) is 11.0. The van der Waals surface area contributed by atoms with Gasteiger partial charge in [-0.25, -0.2) is 19.2 Å². The van der Waals surface area contributed by atoms with E-state index in [1.54, 1.807) is 0 Å². The minimum Gasteiger partial charge on any atom is -0.467 e. The van der Waals surface area contributed by atoms with Crippen LogP contribution in [0.25, 0.3) is 0 Å². The van der Waals surface area contributed by atoms with Gasteiger partial charge in [-0.1, -0.05) is 0 Å². The van der Waals surface area contributed by atoms with Crippen molar-refractivity contribution in [1.82, 2.24) is 9.80 Å². The number of ether oxygens (including phenoxy) is 4. The molecule has 2 atom stereocenters. The highest BCUT2D eigenvalue weighted by Crippen LogP contribution is 2.19. The number of nitrogens with zero attached hydrogens (tertiary/aromatic N) is 2. The lowest BCUT2D eigenvalue weighted by atomic mass is 10.2. The molecule has 0 aromatic carbocycles. The topological polar surface area (TPSA) is 180 Å². The molecule has 0 aromatic rings. The van der Waals surface area contributed by atoms with Crippen LogP contribution in [0.4, 0.5) is 0 Å². The predicted molar refractivity (Wildman–Crippen MR) is 115 cm³/mol. The first-order chi connectivity index (χ1) is 17.1. The fourth-order valence-corrected chi connectivity index (χ4v) is 3.73. The number of Topliss-reactive ketones (excluding diaryl/α,β-unsaturated/α-hetero) is 2. The van der Waals surface area contributed by atoms with Crippen LogP contribution in [-0.4, -0.2) is 110 Å². The van der Waals surface area contributed by atoms with Gasteiger partial charge in [-0.2, -0.15) is 0 Å². The molecule has 14 nitrogen and oxygen atoms in total. The Morgan fingerprint density at radius 2 is 1.03 bits per heavy atom. The van der Waals surface area contributed by atoms with Gasteiger partial charge in [-0.3, -0.25) is 19.2 Å². The molecule has 2 rings (SSSR count). The predicted octanol–water partition coefficient (Wildman–Crippen LogP) is -1.90. The van der Waals surface area contributed by atoms with Gasteiger partial charge in [-0.15, -0.1) is 0 Å². The Balaban J connectivity index is 1.76. The molecule has 0 unspecified atom stereocenters. The van der Waals surface area contributed by atoms with Gasteiger partial charge < -0.3 is 28.7 Å². The van der Waals surface area contributed by atoms with Crippen LogP contribution in [0.5, 0.6) is 0 Å². The van der Waals surface area contributed by atoms with Crippen molar-refractivity contribution in [3.8, 4) is 0 Å². The van der Waals surface area contributed by atoms with Gasteiger partial charge in [-0.05, 0) is 25.7 Å². The number of hydrogen-bond donors (Lipinski definition) is 0. The van der Waals surface area contributed by atoms with E-state index >= 15 is 0 Å². The summed E-state index contributed by atoms with van der Waals surface area (Å²) in [6, 6.07) is -1.77. The lowest BCUT2D eigenvalue weighted by Gasteiger charge is -2.21. The number of hydrogen-bond acceptors (Lipinski definition) is 12. The summed E-state index contributed by atoms with van der Waals surface area (Å²) >= 11 is 0. The van der Waals surface area contributed by atoms with Crippen molar-refractivity contribution in [1.29, 1.82) is 0 Å². The zero-order valence-electron chi connectivity index (χ0n) is 19.8. The molecule has 2 fully saturated rings. The maximum Gasteiger partial charge on any atom is 0.331 e. The molecular weight excluding hydrogens is 484 g/mol. The van der Waals surface area contributed by atoms with Crippen LogP contribution in [0.1, 0.15) is 25.7 Å². The van der Waals surface area contributed by atoms with Crippen LogP contribution in [0.2, 0.25) is 0 Å². The lowest BCUT2D eigenvalue weighted by Crippen LogP contribution is -2.45. The molecule has 0 aliphatic carbocycles. The van der Waals surface area contributed by atoms with Gasteiger partial charge >= 0.3 is 23.9 Å². The Morgan fingerprint density at radius 3 is 1.36 bits per heavy atom. The molecular formula is C22H26N2O12. The van der Waals surface area contributed by atoms with Crippen molar-refractivity contribution < 1.29 is 57.3 Å². The molecule has 2 heterocycles. The summed E-state index contributed by atoms with van der Waals surface area (Å²) in [4.78, 5) is 97.4. The number of rotatable bonds is 10. The van der Waals surface area contributed by atoms with E-state index in [1.165, 1.54) is 0 Å². The molecule has 0 bridgehead atoms. The molecule has 14 heteroatoms. The number of esters is 4. The average molecular weight is 510 g/mol. The largest absolute Gasteiger partial charge is 0.467 e. The Labute approximate surface area is 205 Å². The van der Waals surface area contributed by atoms with Crippen molar-refractivity contribution in [2.45, 2.75) is 37.8 Å². The highest BCUT2D eigenvalue weighted by molar-refractivity contribution is 6.37. The second-order valence-electron chi connectivity index (χ2n) is 7.75. The first-order valence-electron chi connectivity index (χ1n) is 11.0. The number of carbonyl (C=O) groups is 8. The summed E-state index contributed by atoms with van der Waals surface area (Å²) in [5, 5.41) is 0. The third kappa shape index (κ3) is 7.20. The molecule has 0 saturated carbocycles. The Kier molecular flexibility index (Phi) is 10.2. The molecule has 36 heavy (non-hydrogen) atoms. The maximum atomic E-state index is 12.2. The van der Waals surface area contributed by atoms with Crippen LogP contribution in [0.3, 0.4) is 0 Å². The highest BCUT2D eigenvalue weighted by Gasteiger charge is 2.38. The summed E-state index contributed by atoms with van der Waals surface area (Å²) in [5.74, 6) is -7.78. The fraction of sp³-hybridized carbons (Fsp3) is 0.545. The minimum atomic E-state index is -1.15. The van der Waals surface area contributed by atoms with Crippen LogP contribution in [0, 0.1) is 0 Å². The van der Waals surface area contributed by atoms with E-state index in [0.29, 0.717) is 37.8 Å². The van der Waals surface area contributed by atoms with E-state index in [1.807, 2.05) is 0 Å². The monoisotopic (exact) mass is 510 g/mol. The number of carbonyl (C=O) groups excluding carboxylic acids is 8. The van der Waals surface area contributed by atoms with E-state index < -0.39 is 72.6 Å². The molecule has 0 radical (unpaired) electrons. The standard InChI is InChI=1S/C22H26N2O12/c1-33-21(31)13-5-3-9-23(13)19(29)15(25)11-35-17(27)7-8-18(28)36-12-16(26)20(30)24-10-4-6-14(24)22(32)34-2/h7-8,13-14H,3-6,9-12H2,1-2H3/b8-7+/t13-,14-/m0/s1. The smallest absolute Gasteiger partial charge is 0.331 e. The van der Waals surface area contributed by atoms with Gasteiger partial charge in [0.1, 0.15) is 12.1 Å². The molecule has 196 valence electrons. The summed E-state index contributed by atoms with van der Waals surface area (Å²) in [7, 11) is 2.32. The molecule has 0 spiro atoms. The number of likely N-dealkylation sites (tertiary alicyclic amines) is 2. The Hall–Kier alpha value is -4.10. The van der Waals surface area contributed by atoms with E-state index in [4.69, 9.17) is 0 Å². The molecule has 2 aliphatic heterocycles. The fourth-order valence-electron chi connectivity index (χ4n) is 3.73. The van der Waals surface area contributed by atoms with Gasteiger partial charge in [0.2, 0.25) is 0 Å². The van der Waals surface area contributed by atoms with Gasteiger partial charge in [0.15, 0.2) is 13.2 Å². The molecule has 0 aromatic heterocycles. The normalized spacial score (nSPS) is 19.1. The van der Waals surface area contributed by atoms with Gasteiger partial charge in [0.25, 0.3) is 23.4 Å². The highest BCUT2D eigenvalue weighted by atomic mass is 16.5. The second-order valence-corrected chi connectivity index (χ2v) is 7.75. The van der Waals surface area contributed by atoms with Crippen molar-refractivity contribution >= 4 is 47.3 Å². The quantitative estimate of drug-likeness (QED) is 0.138. The third-order valence-electron chi connectivity index (χ3n) is 5.50. The number of amides is 2. The summed E-state index contributed by atoms with van der Waals surface area (Å²) in [6.45, 7) is -1.50. The van der Waals surface area contributed by atoms with Crippen molar-refractivity contribution in [2.24, 2.45) is 0 Å².